The summed E-state index contributed by atoms with van der Waals surface area (Å²) < 4.78 is 40.1. The quantitative estimate of drug-likeness (QED) is 0.810. The van der Waals surface area contributed by atoms with Gasteiger partial charge in [0.05, 0.1) is 24.1 Å². The molecular weight excluding hydrogens is 395 g/mol. The van der Waals surface area contributed by atoms with Gasteiger partial charge in [0.1, 0.15) is 11.2 Å². The van der Waals surface area contributed by atoms with E-state index in [0.717, 1.165) is 48.3 Å². The van der Waals surface area contributed by atoms with Crippen LogP contribution in [0.1, 0.15) is 48.5 Å². The molecule has 1 N–H and O–H groups in total. The lowest BCUT2D eigenvalue weighted by molar-refractivity contribution is -0.136. The molecule has 3 aliphatic rings. The largest absolute Gasteiger partial charge is 0.389 e. The number of fused-ring (bicyclic) bond motifs is 3. The van der Waals surface area contributed by atoms with E-state index in [4.69, 9.17) is 4.98 Å². The van der Waals surface area contributed by atoms with Crippen molar-refractivity contribution in [3.8, 4) is 0 Å². The third-order valence-corrected chi connectivity index (χ3v) is 6.57. The maximum atomic E-state index is 13.3. The second-order valence-electron chi connectivity index (χ2n) is 8.47. The average Bonchev–Trinajstić information content (AvgIpc) is 3.14. The van der Waals surface area contributed by atoms with Gasteiger partial charge in [0, 0.05) is 37.9 Å². The van der Waals surface area contributed by atoms with Crippen LogP contribution in [0.2, 0.25) is 0 Å². The Bertz CT molecular complexity index is 980. The maximum Gasteiger partial charge on any atom is 0.389 e. The van der Waals surface area contributed by atoms with Crippen molar-refractivity contribution in [2.24, 2.45) is 0 Å². The number of aromatic nitrogens is 3. The van der Waals surface area contributed by atoms with Gasteiger partial charge in [-0.1, -0.05) is 0 Å². The number of amides is 1. The molecule has 2 aromatic heterocycles. The molecule has 1 aliphatic carbocycles. The number of nitrogens with zero attached hydrogens (tertiary/aromatic N) is 4. The second-order valence-corrected chi connectivity index (χ2v) is 8.47. The number of rotatable bonds is 5. The third-order valence-electron chi connectivity index (χ3n) is 6.57. The van der Waals surface area contributed by atoms with Crippen LogP contribution in [0.3, 0.4) is 0 Å². The van der Waals surface area contributed by atoms with Crippen LogP contribution in [0.5, 0.6) is 0 Å². The number of anilines is 1. The van der Waals surface area contributed by atoms with E-state index in [2.05, 4.69) is 10.3 Å². The molecule has 1 amide bonds. The number of hydrogen-bond donors (Lipinski definition) is 1. The molecule has 2 aromatic rings. The van der Waals surface area contributed by atoms with Crippen LogP contribution in [-0.2, 0) is 36.1 Å². The van der Waals surface area contributed by atoms with E-state index in [1.807, 2.05) is 10.6 Å². The van der Waals surface area contributed by atoms with Gasteiger partial charge < -0.3 is 14.8 Å². The van der Waals surface area contributed by atoms with Gasteiger partial charge in [-0.2, -0.15) is 13.2 Å². The first-order chi connectivity index (χ1) is 14.4. The molecule has 0 saturated carbocycles. The zero-order valence-electron chi connectivity index (χ0n) is 16.6. The summed E-state index contributed by atoms with van der Waals surface area (Å²) in [5, 5.41) is 3.20. The molecule has 30 heavy (non-hydrogen) atoms. The number of halogens is 3. The highest BCUT2D eigenvalue weighted by atomic mass is 19.4. The lowest BCUT2D eigenvalue weighted by atomic mass is 9.77. The van der Waals surface area contributed by atoms with E-state index in [9.17, 15) is 18.0 Å². The molecule has 4 heterocycles. The second kappa shape index (κ2) is 7.08. The summed E-state index contributed by atoms with van der Waals surface area (Å²) in [6, 6.07) is 1.90. The fraction of sp³-hybridized carbons (Fsp3) is 0.571. The summed E-state index contributed by atoms with van der Waals surface area (Å²) >= 11 is 0. The van der Waals surface area contributed by atoms with Crippen LogP contribution in [0.4, 0.5) is 18.9 Å². The molecule has 1 saturated heterocycles. The van der Waals surface area contributed by atoms with E-state index < -0.39 is 18.0 Å². The molecular formula is C21H24F3N5O. The first-order valence-corrected chi connectivity index (χ1v) is 10.5. The Hall–Kier alpha value is -2.42. The van der Waals surface area contributed by atoms with Crippen molar-refractivity contribution in [3.63, 3.8) is 0 Å². The molecule has 0 aromatic carbocycles. The van der Waals surface area contributed by atoms with Gasteiger partial charge >= 0.3 is 6.18 Å². The van der Waals surface area contributed by atoms with Crippen LogP contribution in [0.15, 0.2) is 18.5 Å². The molecule has 6 nitrogen and oxygen atoms in total. The van der Waals surface area contributed by atoms with Crippen LogP contribution in [0, 0.1) is 0 Å². The highest BCUT2D eigenvalue weighted by Gasteiger charge is 2.55. The predicted octanol–water partition coefficient (Wildman–Crippen LogP) is 2.89. The first-order valence-electron chi connectivity index (χ1n) is 10.5. The van der Waals surface area contributed by atoms with Gasteiger partial charge in [-0.25, -0.2) is 4.98 Å². The Morgan fingerprint density at radius 1 is 1.20 bits per heavy atom. The van der Waals surface area contributed by atoms with Crippen LogP contribution >= 0.6 is 0 Å². The normalized spacial score (nSPS) is 19.7. The van der Waals surface area contributed by atoms with Crippen molar-refractivity contribution >= 4 is 11.6 Å². The van der Waals surface area contributed by atoms with Gasteiger partial charge in [0.15, 0.2) is 0 Å². The van der Waals surface area contributed by atoms with Crippen LogP contribution in [0.25, 0.3) is 0 Å². The van der Waals surface area contributed by atoms with E-state index in [-0.39, 0.29) is 25.4 Å². The minimum absolute atomic E-state index is 0.0131. The van der Waals surface area contributed by atoms with Crippen LogP contribution < -0.4 is 10.2 Å². The average molecular weight is 419 g/mol. The number of imidazole rings is 1. The van der Waals surface area contributed by atoms with Crippen molar-refractivity contribution in [2.45, 2.75) is 63.2 Å². The first kappa shape index (κ1) is 19.5. The number of aryl methyl sites for hydroxylation is 1. The Kier molecular flexibility index (Phi) is 4.61. The van der Waals surface area contributed by atoms with Crippen molar-refractivity contribution in [2.75, 3.05) is 18.0 Å². The zero-order chi connectivity index (χ0) is 20.9. The monoisotopic (exact) mass is 419 g/mol. The highest BCUT2D eigenvalue weighted by Crippen LogP contribution is 2.44. The molecule has 1 fully saturated rings. The number of pyridine rings is 1. The van der Waals surface area contributed by atoms with E-state index in [0.29, 0.717) is 18.9 Å². The molecule has 9 heteroatoms. The molecule has 2 aliphatic heterocycles. The van der Waals surface area contributed by atoms with Crippen LogP contribution in [-0.4, -0.2) is 39.7 Å². The van der Waals surface area contributed by atoms with E-state index >= 15 is 0 Å². The fourth-order valence-electron chi connectivity index (χ4n) is 4.98. The van der Waals surface area contributed by atoms with Crippen molar-refractivity contribution in [3.05, 3.63) is 41.2 Å². The van der Waals surface area contributed by atoms with E-state index in [1.165, 1.54) is 0 Å². The van der Waals surface area contributed by atoms with Gasteiger partial charge in [-0.05, 0) is 43.7 Å². The maximum absolute atomic E-state index is 13.3. The minimum Gasteiger partial charge on any atom is -0.330 e. The number of hydrogen-bond acceptors (Lipinski definition) is 4. The lowest BCUT2D eigenvalue weighted by Crippen LogP contribution is -2.61. The summed E-state index contributed by atoms with van der Waals surface area (Å²) in [5.74, 6) is 0.698. The minimum atomic E-state index is -4.17. The molecule has 1 spiro atoms. The van der Waals surface area contributed by atoms with Crippen molar-refractivity contribution < 1.29 is 18.0 Å². The Balaban J connectivity index is 1.46. The zero-order valence-corrected chi connectivity index (χ0v) is 16.6. The summed E-state index contributed by atoms with van der Waals surface area (Å²) in [5.41, 5.74) is 3.22. The smallest absolute Gasteiger partial charge is 0.330 e. The SMILES string of the molecule is O=C1N(Cc2nc3c(n2CCCC(F)(F)F)CCCC3)c2cnccc2C12CNC2. The van der Waals surface area contributed by atoms with Gasteiger partial charge in [-0.3, -0.25) is 9.78 Å². The number of nitrogens with one attached hydrogen (secondary N) is 1. The standard InChI is InChI=1S/C21H24F3N5O/c22-21(23,24)7-3-9-28-16-5-2-1-4-15(16)27-18(28)11-29-17-10-25-8-6-14(17)20(19(29)30)12-26-13-20/h6,8,10,26H,1-5,7,9,11-13H2. The van der Waals surface area contributed by atoms with Gasteiger partial charge in [0.2, 0.25) is 5.91 Å². The van der Waals surface area contributed by atoms with Crippen molar-refractivity contribution in [1.29, 1.82) is 0 Å². The number of carbonyl (C=O) groups is 1. The summed E-state index contributed by atoms with van der Waals surface area (Å²) in [6.45, 7) is 1.72. The molecule has 0 atom stereocenters. The molecule has 0 bridgehead atoms. The fourth-order valence-corrected chi connectivity index (χ4v) is 4.98. The Labute approximate surface area is 172 Å². The third kappa shape index (κ3) is 3.10. The lowest BCUT2D eigenvalue weighted by Gasteiger charge is -2.37. The molecule has 160 valence electrons. The summed E-state index contributed by atoms with van der Waals surface area (Å²) in [4.78, 5) is 24.0. The number of carbonyl (C=O) groups excluding carboxylic acids is 1. The molecule has 0 radical (unpaired) electrons. The summed E-state index contributed by atoms with van der Waals surface area (Å²) in [7, 11) is 0. The van der Waals surface area contributed by atoms with Gasteiger partial charge in [-0.15, -0.1) is 0 Å². The summed E-state index contributed by atoms with van der Waals surface area (Å²) in [6.07, 6.45) is 2.16. The molecule has 5 rings (SSSR count). The Morgan fingerprint density at radius 2 is 2.00 bits per heavy atom. The predicted molar refractivity (Wildman–Crippen MR) is 104 cm³/mol. The van der Waals surface area contributed by atoms with Gasteiger partial charge in [0.25, 0.3) is 0 Å². The van der Waals surface area contributed by atoms with E-state index in [1.54, 1.807) is 17.3 Å². The Morgan fingerprint density at radius 3 is 2.73 bits per heavy atom. The molecule has 0 unspecified atom stereocenters. The highest BCUT2D eigenvalue weighted by molar-refractivity contribution is 6.09. The van der Waals surface area contributed by atoms with Crippen molar-refractivity contribution in [1.82, 2.24) is 19.9 Å². The topological polar surface area (TPSA) is 63.1 Å². The number of alkyl halides is 3.